The van der Waals surface area contributed by atoms with E-state index in [4.69, 9.17) is 5.73 Å². The van der Waals surface area contributed by atoms with Crippen molar-refractivity contribution in [2.75, 3.05) is 38.5 Å². The highest BCUT2D eigenvalue weighted by atomic mass is 16.3. The molecule has 110 valence electrons. The summed E-state index contributed by atoms with van der Waals surface area (Å²) < 4.78 is 0. The molecule has 1 aromatic heterocycles. The average molecular weight is 278 g/mol. The van der Waals surface area contributed by atoms with E-state index >= 15 is 0 Å². The summed E-state index contributed by atoms with van der Waals surface area (Å²) in [4.78, 5) is 20.3. The molecule has 0 atom stereocenters. The molecular formula is C14H22N4O2. The molecule has 0 bridgehead atoms. The lowest BCUT2D eigenvalue weighted by molar-refractivity contribution is 0.0177. The predicted molar refractivity (Wildman–Crippen MR) is 77.3 cm³/mol. The van der Waals surface area contributed by atoms with Crippen LogP contribution in [0.1, 0.15) is 24.3 Å². The number of nitrogen functional groups attached to an aromatic ring is 1. The molecule has 1 fully saturated rings. The lowest BCUT2D eigenvalue weighted by atomic mass is 10.1. The Morgan fingerprint density at radius 1 is 1.35 bits per heavy atom. The molecule has 0 radical (unpaired) electrons. The van der Waals surface area contributed by atoms with Gasteiger partial charge in [0.05, 0.1) is 5.60 Å². The molecule has 0 unspecified atom stereocenters. The van der Waals surface area contributed by atoms with Crippen molar-refractivity contribution in [2.45, 2.75) is 19.4 Å². The fourth-order valence-corrected chi connectivity index (χ4v) is 2.39. The molecule has 0 aromatic carbocycles. The van der Waals surface area contributed by atoms with Crippen molar-refractivity contribution in [3.05, 3.63) is 23.9 Å². The molecular weight excluding hydrogens is 256 g/mol. The van der Waals surface area contributed by atoms with Gasteiger partial charge in [0.25, 0.3) is 5.91 Å². The number of nitrogens with two attached hydrogens (primary N) is 1. The smallest absolute Gasteiger partial charge is 0.272 e. The third-order valence-electron chi connectivity index (χ3n) is 3.26. The molecule has 1 aromatic rings. The SMILES string of the molecule is CC(C)(O)CN1CCN(C(=O)c2cccc(N)n2)CC1. The molecule has 6 nitrogen and oxygen atoms in total. The molecule has 1 amide bonds. The van der Waals surface area contributed by atoms with Gasteiger partial charge in [0.2, 0.25) is 0 Å². The van der Waals surface area contributed by atoms with Gasteiger partial charge in [-0.1, -0.05) is 6.07 Å². The molecule has 1 aliphatic heterocycles. The first kappa shape index (κ1) is 14.7. The highest BCUT2D eigenvalue weighted by Gasteiger charge is 2.25. The minimum Gasteiger partial charge on any atom is -0.389 e. The Bertz CT molecular complexity index is 476. The number of carbonyl (C=O) groups excluding carboxylic acids is 1. The Labute approximate surface area is 119 Å². The van der Waals surface area contributed by atoms with Crippen molar-refractivity contribution >= 4 is 11.7 Å². The topological polar surface area (TPSA) is 82.7 Å². The Morgan fingerprint density at radius 2 is 2.00 bits per heavy atom. The second-order valence-corrected chi connectivity index (χ2v) is 5.83. The highest BCUT2D eigenvalue weighted by Crippen LogP contribution is 2.11. The maximum atomic E-state index is 12.3. The van der Waals surface area contributed by atoms with Crippen LogP contribution in [0.25, 0.3) is 0 Å². The number of pyridine rings is 1. The van der Waals surface area contributed by atoms with Crippen molar-refractivity contribution in [1.82, 2.24) is 14.8 Å². The summed E-state index contributed by atoms with van der Waals surface area (Å²) in [6.45, 7) is 7.01. The van der Waals surface area contributed by atoms with Crippen LogP contribution in [-0.4, -0.2) is 64.1 Å². The Morgan fingerprint density at radius 3 is 2.55 bits per heavy atom. The standard InChI is InChI=1S/C14H22N4O2/c1-14(2,20)10-17-6-8-18(9-7-17)13(19)11-4-3-5-12(15)16-11/h3-5,20H,6-10H2,1-2H3,(H2,15,16). The third kappa shape index (κ3) is 3.91. The van der Waals surface area contributed by atoms with Gasteiger partial charge in [0.1, 0.15) is 11.5 Å². The van der Waals surface area contributed by atoms with E-state index in [2.05, 4.69) is 9.88 Å². The molecule has 2 heterocycles. The van der Waals surface area contributed by atoms with Crippen LogP contribution in [0.2, 0.25) is 0 Å². The van der Waals surface area contributed by atoms with E-state index in [1.54, 1.807) is 36.9 Å². The number of piperazine rings is 1. The summed E-state index contributed by atoms with van der Waals surface area (Å²) in [5.74, 6) is 0.275. The summed E-state index contributed by atoms with van der Waals surface area (Å²) in [6, 6.07) is 5.08. The van der Waals surface area contributed by atoms with Crippen LogP contribution in [0.5, 0.6) is 0 Å². The summed E-state index contributed by atoms with van der Waals surface area (Å²) in [5, 5.41) is 9.81. The number of aromatic nitrogens is 1. The highest BCUT2D eigenvalue weighted by molar-refractivity contribution is 5.92. The molecule has 3 N–H and O–H groups in total. The van der Waals surface area contributed by atoms with Crippen molar-refractivity contribution in [2.24, 2.45) is 0 Å². The first-order chi connectivity index (χ1) is 9.35. The zero-order valence-corrected chi connectivity index (χ0v) is 12.0. The molecule has 0 saturated carbocycles. The molecule has 0 spiro atoms. The number of aliphatic hydroxyl groups is 1. The average Bonchev–Trinajstić information content (AvgIpc) is 2.37. The number of hydrogen-bond donors (Lipinski definition) is 2. The van der Waals surface area contributed by atoms with E-state index in [-0.39, 0.29) is 5.91 Å². The van der Waals surface area contributed by atoms with Crippen molar-refractivity contribution in [3.63, 3.8) is 0 Å². The van der Waals surface area contributed by atoms with Crippen LogP contribution in [0.15, 0.2) is 18.2 Å². The number of β-amino-alcohol motifs (C(OH)–C–C–N with tert-alkyl or cyclic N) is 1. The van der Waals surface area contributed by atoms with Gasteiger partial charge >= 0.3 is 0 Å². The van der Waals surface area contributed by atoms with Crippen LogP contribution in [0.3, 0.4) is 0 Å². The molecule has 2 rings (SSSR count). The van der Waals surface area contributed by atoms with Gasteiger partial charge in [-0.05, 0) is 26.0 Å². The fourth-order valence-electron chi connectivity index (χ4n) is 2.39. The van der Waals surface area contributed by atoms with E-state index in [0.29, 0.717) is 31.1 Å². The van der Waals surface area contributed by atoms with E-state index in [1.165, 1.54) is 0 Å². The normalized spacial score (nSPS) is 17.2. The number of nitrogens with zero attached hydrogens (tertiary/aromatic N) is 3. The Kier molecular flexibility index (Phi) is 4.25. The van der Waals surface area contributed by atoms with Gasteiger partial charge in [-0.25, -0.2) is 4.98 Å². The van der Waals surface area contributed by atoms with E-state index in [0.717, 1.165) is 13.1 Å². The second kappa shape index (κ2) is 5.76. The minimum atomic E-state index is -0.707. The van der Waals surface area contributed by atoms with Gasteiger partial charge in [-0.3, -0.25) is 9.69 Å². The monoisotopic (exact) mass is 278 g/mol. The van der Waals surface area contributed by atoms with Crippen molar-refractivity contribution in [1.29, 1.82) is 0 Å². The number of carbonyl (C=O) groups is 1. The lowest BCUT2D eigenvalue weighted by Crippen LogP contribution is -2.52. The summed E-state index contributed by atoms with van der Waals surface area (Å²) in [6.07, 6.45) is 0. The number of amides is 1. The van der Waals surface area contributed by atoms with Gasteiger partial charge in [-0.15, -0.1) is 0 Å². The predicted octanol–water partition coefficient (Wildman–Crippen LogP) is 0.193. The summed E-state index contributed by atoms with van der Waals surface area (Å²) in [7, 11) is 0. The molecule has 1 saturated heterocycles. The largest absolute Gasteiger partial charge is 0.389 e. The van der Waals surface area contributed by atoms with Crippen LogP contribution in [0.4, 0.5) is 5.82 Å². The first-order valence-corrected chi connectivity index (χ1v) is 6.82. The Balaban J connectivity index is 1.92. The van der Waals surface area contributed by atoms with E-state index in [1.807, 2.05) is 0 Å². The lowest BCUT2D eigenvalue weighted by Gasteiger charge is -2.37. The Hall–Kier alpha value is -1.66. The van der Waals surface area contributed by atoms with Crippen LogP contribution in [-0.2, 0) is 0 Å². The molecule has 6 heteroatoms. The fraction of sp³-hybridized carbons (Fsp3) is 0.571. The zero-order chi connectivity index (χ0) is 14.8. The maximum absolute atomic E-state index is 12.3. The number of hydrogen-bond acceptors (Lipinski definition) is 5. The second-order valence-electron chi connectivity index (χ2n) is 5.83. The van der Waals surface area contributed by atoms with Crippen LogP contribution >= 0.6 is 0 Å². The van der Waals surface area contributed by atoms with Crippen molar-refractivity contribution in [3.8, 4) is 0 Å². The third-order valence-corrected chi connectivity index (χ3v) is 3.26. The van der Waals surface area contributed by atoms with Crippen LogP contribution in [0, 0.1) is 0 Å². The first-order valence-electron chi connectivity index (χ1n) is 6.82. The van der Waals surface area contributed by atoms with E-state index < -0.39 is 5.60 Å². The molecule has 20 heavy (non-hydrogen) atoms. The van der Waals surface area contributed by atoms with E-state index in [9.17, 15) is 9.90 Å². The summed E-state index contributed by atoms with van der Waals surface area (Å²) in [5.41, 5.74) is 5.28. The van der Waals surface area contributed by atoms with Crippen molar-refractivity contribution < 1.29 is 9.90 Å². The number of rotatable bonds is 3. The van der Waals surface area contributed by atoms with Gasteiger partial charge in [0, 0.05) is 32.7 Å². The maximum Gasteiger partial charge on any atom is 0.272 e. The molecule has 0 aliphatic carbocycles. The zero-order valence-electron chi connectivity index (χ0n) is 12.0. The summed E-state index contributed by atoms with van der Waals surface area (Å²) >= 11 is 0. The van der Waals surface area contributed by atoms with Crippen LogP contribution < -0.4 is 5.73 Å². The van der Waals surface area contributed by atoms with Gasteiger partial charge < -0.3 is 15.7 Å². The number of anilines is 1. The van der Waals surface area contributed by atoms with Gasteiger partial charge in [-0.2, -0.15) is 0 Å². The molecule has 1 aliphatic rings. The van der Waals surface area contributed by atoms with Gasteiger partial charge in [0.15, 0.2) is 0 Å². The quantitative estimate of drug-likeness (QED) is 0.825. The minimum absolute atomic E-state index is 0.0831.